The van der Waals surface area contributed by atoms with Gasteiger partial charge in [-0.3, -0.25) is 4.79 Å². The Labute approximate surface area is 105 Å². The quantitative estimate of drug-likeness (QED) is 0.406. The van der Waals surface area contributed by atoms with Gasteiger partial charge in [0.1, 0.15) is 0 Å². The predicted octanol–water partition coefficient (Wildman–Crippen LogP) is 3.52. The molecule has 0 saturated carbocycles. The number of allylic oxidation sites excluding steroid dienone is 2. The molecule has 0 aromatic carbocycles. The molecule has 0 saturated heterocycles. The van der Waals surface area contributed by atoms with Crippen LogP contribution in [-0.4, -0.2) is 22.8 Å². The zero-order valence-electron chi connectivity index (χ0n) is 10.7. The Kier molecular flexibility index (Phi) is 12.6. The number of hydrogen-bond donors (Lipinski definition) is 2. The molecule has 0 heterocycles. The molecule has 3 nitrogen and oxygen atoms in total. The van der Waals surface area contributed by atoms with Gasteiger partial charge in [-0.25, -0.2) is 0 Å². The number of aliphatic carboxylic acids is 1. The highest BCUT2D eigenvalue weighted by molar-refractivity contribution is 5.66. The van der Waals surface area contributed by atoms with Gasteiger partial charge in [0, 0.05) is 13.0 Å². The highest BCUT2D eigenvalue weighted by Crippen LogP contribution is 2.08. The van der Waals surface area contributed by atoms with E-state index in [1.165, 1.54) is 32.1 Å². The number of aliphatic hydroxyl groups is 1. The molecule has 0 radical (unpaired) electrons. The second kappa shape index (κ2) is 13.2. The number of carboxylic acid groups (broad SMARTS) is 1. The summed E-state index contributed by atoms with van der Waals surface area (Å²) in [7, 11) is 0. The molecule has 0 aliphatic carbocycles. The highest BCUT2D eigenvalue weighted by Gasteiger charge is 1.92. The maximum Gasteiger partial charge on any atom is 0.303 e. The lowest BCUT2D eigenvalue weighted by molar-refractivity contribution is -0.136. The first-order valence-corrected chi connectivity index (χ1v) is 6.75. The van der Waals surface area contributed by atoms with E-state index in [9.17, 15) is 4.79 Å². The van der Waals surface area contributed by atoms with Crippen LogP contribution in [0, 0.1) is 0 Å². The van der Waals surface area contributed by atoms with Crippen molar-refractivity contribution in [2.24, 2.45) is 0 Å². The van der Waals surface area contributed by atoms with Gasteiger partial charge in [-0.2, -0.15) is 0 Å². The molecular weight excluding hydrogens is 216 g/mol. The van der Waals surface area contributed by atoms with E-state index >= 15 is 0 Å². The lowest BCUT2D eigenvalue weighted by Crippen LogP contribution is -1.91. The topological polar surface area (TPSA) is 57.5 Å². The molecule has 0 aromatic heterocycles. The maximum absolute atomic E-state index is 10.2. The third-order valence-corrected chi connectivity index (χ3v) is 2.72. The number of carbonyl (C=O) groups is 1. The Morgan fingerprint density at radius 1 is 0.824 bits per heavy atom. The van der Waals surface area contributed by atoms with E-state index in [4.69, 9.17) is 10.2 Å². The van der Waals surface area contributed by atoms with Crippen LogP contribution in [0.4, 0.5) is 0 Å². The molecule has 0 amide bonds. The Balaban J connectivity index is 3.05. The zero-order valence-corrected chi connectivity index (χ0v) is 10.7. The first-order chi connectivity index (χ1) is 8.27. The largest absolute Gasteiger partial charge is 0.481 e. The molecule has 0 aliphatic rings. The summed E-state index contributed by atoms with van der Waals surface area (Å²) in [6.07, 6.45) is 14.3. The van der Waals surface area contributed by atoms with Gasteiger partial charge in [0.2, 0.25) is 0 Å². The second-order valence-corrected chi connectivity index (χ2v) is 4.39. The molecule has 0 unspecified atom stereocenters. The molecule has 0 fully saturated rings. The minimum atomic E-state index is -0.725. The van der Waals surface area contributed by atoms with Gasteiger partial charge >= 0.3 is 5.97 Å². The number of unbranched alkanes of at least 4 members (excludes halogenated alkanes) is 7. The third-order valence-electron chi connectivity index (χ3n) is 2.72. The molecule has 0 atom stereocenters. The molecule has 0 rings (SSSR count). The van der Waals surface area contributed by atoms with Crippen molar-refractivity contribution in [1.29, 1.82) is 0 Å². The van der Waals surface area contributed by atoms with Crippen molar-refractivity contribution >= 4 is 5.97 Å². The van der Waals surface area contributed by atoms with Crippen LogP contribution in [0.2, 0.25) is 0 Å². The Morgan fingerprint density at radius 3 is 1.94 bits per heavy atom. The van der Waals surface area contributed by atoms with Crippen LogP contribution in [0.3, 0.4) is 0 Å². The van der Waals surface area contributed by atoms with Crippen molar-refractivity contribution in [3.8, 4) is 0 Å². The van der Waals surface area contributed by atoms with Gasteiger partial charge in [0.05, 0.1) is 0 Å². The Bertz CT molecular complexity index is 200. The fourth-order valence-corrected chi connectivity index (χ4v) is 1.70. The van der Waals surface area contributed by atoms with Gasteiger partial charge in [-0.1, -0.05) is 44.3 Å². The molecule has 0 spiro atoms. The minimum Gasteiger partial charge on any atom is -0.481 e. The van der Waals surface area contributed by atoms with Crippen LogP contribution >= 0.6 is 0 Å². The summed E-state index contributed by atoms with van der Waals surface area (Å²) in [6, 6.07) is 0. The third kappa shape index (κ3) is 15.2. The summed E-state index contributed by atoms with van der Waals surface area (Å²) < 4.78 is 0. The molecule has 17 heavy (non-hydrogen) atoms. The first kappa shape index (κ1) is 16.2. The van der Waals surface area contributed by atoms with Crippen molar-refractivity contribution in [3.05, 3.63) is 12.2 Å². The van der Waals surface area contributed by atoms with Crippen molar-refractivity contribution in [2.75, 3.05) is 6.61 Å². The summed E-state index contributed by atoms with van der Waals surface area (Å²) in [4.78, 5) is 10.2. The fourth-order valence-electron chi connectivity index (χ4n) is 1.70. The standard InChI is InChI=1S/C14H26O3/c15-13-11-9-7-5-3-1-2-4-6-8-10-12-14(16)17/h6,8,15H,1-5,7,9-13H2,(H,16,17). The van der Waals surface area contributed by atoms with E-state index in [0.717, 1.165) is 19.3 Å². The van der Waals surface area contributed by atoms with Gasteiger partial charge in [-0.15, -0.1) is 0 Å². The van der Waals surface area contributed by atoms with Gasteiger partial charge in [0.25, 0.3) is 0 Å². The van der Waals surface area contributed by atoms with Crippen LogP contribution in [0.1, 0.15) is 64.2 Å². The van der Waals surface area contributed by atoms with E-state index in [1.54, 1.807) is 0 Å². The summed E-state index contributed by atoms with van der Waals surface area (Å²) in [5, 5.41) is 17.0. The van der Waals surface area contributed by atoms with Gasteiger partial charge < -0.3 is 10.2 Å². The number of hydrogen-bond acceptors (Lipinski definition) is 2. The van der Waals surface area contributed by atoms with E-state index in [2.05, 4.69) is 6.08 Å². The monoisotopic (exact) mass is 242 g/mol. The highest BCUT2D eigenvalue weighted by atomic mass is 16.4. The molecule has 0 aliphatic heterocycles. The summed E-state index contributed by atoms with van der Waals surface area (Å²) in [6.45, 7) is 0.321. The molecular formula is C14H26O3. The lowest BCUT2D eigenvalue weighted by Gasteiger charge is -1.99. The minimum absolute atomic E-state index is 0.237. The van der Waals surface area contributed by atoms with Crippen LogP contribution in [0.25, 0.3) is 0 Å². The average molecular weight is 242 g/mol. The van der Waals surface area contributed by atoms with Crippen molar-refractivity contribution < 1.29 is 15.0 Å². The van der Waals surface area contributed by atoms with Crippen molar-refractivity contribution in [1.82, 2.24) is 0 Å². The summed E-state index contributed by atoms with van der Waals surface area (Å²) in [5.74, 6) is -0.725. The van der Waals surface area contributed by atoms with E-state index in [-0.39, 0.29) is 6.42 Å². The zero-order chi connectivity index (χ0) is 12.8. The SMILES string of the molecule is O=C(O)CCC=CCCCCCCCCCO. The number of rotatable bonds is 12. The molecule has 100 valence electrons. The van der Waals surface area contributed by atoms with Crippen molar-refractivity contribution in [3.63, 3.8) is 0 Å². The van der Waals surface area contributed by atoms with E-state index in [1.807, 2.05) is 6.08 Å². The van der Waals surface area contributed by atoms with E-state index in [0.29, 0.717) is 13.0 Å². The van der Waals surface area contributed by atoms with Gasteiger partial charge in [0.15, 0.2) is 0 Å². The van der Waals surface area contributed by atoms with Crippen LogP contribution in [-0.2, 0) is 4.79 Å². The van der Waals surface area contributed by atoms with Crippen LogP contribution in [0.15, 0.2) is 12.2 Å². The molecule has 0 aromatic rings. The number of aliphatic hydroxyl groups excluding tert-OH is 1. The van der Waals surface area contributed by atoms with Crippen LogP contribution in [0.5, 0.6) is 0 Å². The lowest BCUT2D eigenvalue weighted by atomic mass is 10.1. The van der Waals surface area contributed by atoms with Crippen molar-refractivity contribution in [2.45, 2.75) is 64.2 Å². The summed E-state index contributed by atoms with van der Waals surface area (Å²) >= 11 is 0. The fraction of sp³-hybridized carbons (Fsp3) is 0.786. The summed E-state index contributed by atoms with van der Waals surface area (Å²) in [5.41, 5.74) is 0. The molecule has 3 heteroatoms. The molecule has 0 bridgehead atoms. The smallest absolute Gasteiger partial charge is 0.303 e. The Hall–Kier alpha value is -0.830. The normalized spacial score (nSPS) is 11.1. The first-order valence-electron chi connectivity index (χ1n) is 6.75. The molecule has 2 N–H and O–H groups in total. The maximum atomic E-state index is 10.2. The average Bonchev–Trinajstić information content (AvgIpc) is 2.30. The van der Waals surface area contributed by atoms with Gasteiger partial charge in [-0.05, 0) is 25.7 Å². The van der Waals surface area contributed by atoms with Crippen LogP contribution < -0.4 is 0 Å². The second-order valence-electron chi connectivity index (χ2n) is 4.39. The number of carboxylic acids is 1. The van der Waals surface area contributed by atoms with E-state index < -0.39 is 5.97 Å². The Morgan fingerprint density at radius 2 is 1.35 bits per heavy atom. The predicted molar refractivity (Wildman–Crippen MR) is 70.0 cm³/mol.